The van der Waals surface area contributed by atoms with Crippen molar-refractivity contribution < 1.29 is 42.7 Å². The van der Waals surface area contributed by atoms with Crippen LogP contribution in [0.2, 0.25) is 0 Å². The third kappa shape index (κ3) is 18.8. The van der Waals surface area contributed by atoms with Gasteiger partial charge in [-0.15, -0.1) is 0 Å². The van der Waals surface area contributed by atoms with Crippen molar-refractivity contribution in [2.24, 2.45) is 0 Å². The van der Waals surface area contributed by atoms with Gasteiger partial charge in [0.25, 0.3) is 0 Å². The van der Waals surface area contributed by atoms with E-state index >= 15 is 0 Å². The summed E-state index contributed by atoms with van der Waals surface area (Å²) in [6.45, 7) is 11.1. The summed E-state index contributed by atoms with van der Waals surface area (Å²) < 4.78 is 16.4. The van der Waals surface area contributed by atoms with E-state index in [2.05, 4.69) is 10.6 Å². The van der Waals surface area contributed by atoms with Crippen LogP contribution in [-0.4, -0.2) is 104 Å². The number of thioether (sulfide) groups is 1. The van der Waals surface area contributed by atoms with Crippen molar-refractivity contribution in [2.75, 3.05) is 46.3 Å². The number of nitrogens with zero attached hydrogens (tertiary/aromatic N) is 1. The highest BCUT2D eigenvalue weighted by Gasteiger charge is 2.30. The second kappa shape index (κ2) is 15.9. The molecule has 2 atom stereocenters. The lowest BCUT2D eigenvalue weighted by molar-refractivity contribution is -0.870. The molecular weight excluding hydrogens is 514 g/mol. The van der Waals surface area contributed by atoms with Crippen LogP contribution < -0.4 is 10.6 Å². The Kier molecular flexibility index (Phi) is 14.9. The van der Waals surface area contributed by atoms with Gasteiger partial charge in [0.15, 0.2) is 5.78 Å². The van der Waals surface area contributed by atoms with Gasteiger partial charge in [0.05, 0.1) is 33.6 Å². The Hall–Kier alpha value is -2.34. The van der Waals surface area contributed by atoms with Gasteiger partial charge in [0.1, 0.15) is 30.4 Å². The van der Waals surface area contributed by atoms with E-state index in [-0.39, 0.29) is 38.1 Å². The molecule has 0 spiro atoms. The number of esters is 2. The fourth-order valence-electron chi connectivity index (χ4n) is 2.90. The quantitative estimate of drug-likeness (QED) is 0.175. The van der Waals surface area contributed by atoms with Crippen LogP contribution in [0.1, 0.15) is 67.2 Å². The first-order chi connectivity index (χ1) is 17.2. The number of Topliss-reactive ketones (excluding diaryl/α,β-unsaturated/α-hetero) is 1. The molecule has 0 unspecified atom stereocenters. The van der Waals surface area contributed by atoms with Gasteiger partial charge in [-0.3, -0.25) is 14.4 Å². The van der Waals surface area contributed by atoms with E-state index in [1.165, 1.54) is 11.8 Å². The highest BCUT2D eigenvalue weighted by atomic mass is 32.2. The summed E-state index contributed by atoms with van der Waals surface area (Å²) in [7, 11) is 5.95. The first-order valence-corrected chi connectivity index (χ1v) is 14.1. The Labute approximate surface area is 231 Å². The molecular formula is C26H48N3O8S+. The molecule has 0 aliphatic rings. The van der Waals surface area contributed by atoms with Crippen molar-refractivity contribution >= 4 is 41.5 Å². The van der Waals surface area contributed by atoms with E-state index in [0.717, 1.165) is 0 Å². The van der Waals surface area contributed by atoms with Crippen LogP contribution in [0, 0.1) is 0 Å². The summed E-state index contributed by atoms with van der Waals surface area (Å²) in [5, 5.41) is 5.15. The molecule has 0 bridgehead atoms. The number of likely N-dealkylation sites (N-methyl/N-ethyl adjacent to an activating group) is 1. The minimum absolute atomic E-state index is 0.0568. The van der Waals surface area contributed by atoms with Gasteiger partial charge in [-0.2, -0.15) is 11.8 Å². The average Bonchev–Trinajstić information content (AvgIpc) is 2.71. The summed E-state index contributed by atoms with van der Waals surface area (Å²) >= 11 is 1.38. The van der Waals surface area contributed by atoms with Crippen molar-refractivity contribution in [2.45, 2.75) is 90.5 Å². The number of carbonyl (C=O) groups excluding carboxylic acids is 5. The third-order valence-electron chi connectivity index (χ3n) is 4.70. The van der Waals surface area contributed by atoms with Crippen LogP contribution in [0.3, 0.4) is 0 Å². The van der Waals surface area contributed by atoms with Crippen molar-refractivity contribution in [1.29, 1.82) is 0 Å². The Morgan fingerprint density at radius 2 is 1.39 bits per heavy atom. The molecule has 0 saturated carbocycles. The SMILES string of the molecule is CSC[C@H](NC(=O)CC[C@H](NC(=O)OC(C)(C)C)C(=O)OC(C)(C)C)C(=O)CCC(=O)OCC[N+](C)(C)C. The average molecular weight is 563 g/mol. The number of quaternary nitrogens is 1. The molecule has 0 saturated heterocycles. The lowest BCUT2D eigenvalue weighted by Crippen LogP contribution is -2.47. The fourth-order valence-corrected chi connectivity index (χ4v) is 3.50. The Balaban J connectivity index is 5.03. The maximum absolute atomic E-state index is 12.7. The van der Waals surface area contributed by atoms with Crippen LogP contribution in [0.4, 0.5) is 4.79 Å². The zero-order chi connectivity index (χ0) is 29.7. The van der Waals surface area contributed by atoms with Crippen LogP contribution >= 0.6 is 11.8 Å². The van der Waals surface area contributed by atoms with Gasteiger partial charge in [-0.1, -0.05) is 0 Å². The second-order valence-electron chi connectivity index (χ2n) is 12.0. The van der Waals surface area contributed by atoms with Gasteiger partial charge in [-0.05, 0) is 54.2 Å². The molecule has 0 aliphatic carbocycles. The first kappa shape index (κ1) is 35.7. The van der Waals surface area contributed by atoms with E-state index in [0.29, 0.717) is 16.8 Å². The molecule has 2 amide bonds. The van der Waals surface area contributed by atoms with Crippen molar-refractivity contribution in [3.8, 4) is 0 Å². The Bertz CT molecular complexity index is 813. The molecule has 0 rings (SSSR count). The molecule has 38 heavy (non-hydrogen) atoms. The van der Waals surface area contributed by atoms with E-state index < -0.39 is 47.2 Å². The summed E-state index contributed by atoms with van der Waals surface area (Å²) in [6, 6.07) is -1.92. The number of ether oxygens (including phenoxy) is 3. The smallest absolute Gasteiger partial charge is 0.408 e. The third-order valence-corrected chi connectivity index (χ3v) is 5.37. The summed E-state index contributed by atoms with van der Waals surface area (Å²) in [6.07, 6.45) is 0.656. The van der Waals surface area contributed by atoms with E-state index in [1.807, 2.05) is 21.1 Å². The zero-order valence-electron chi connectivity index (χ0n) is 24.7. The number of amides is 2. The van der Waals surface area contributed by atoms with Crippen LogP contribution in [0.5, 0.6) is 0 Å². The number of carbonyl (C=O) groups is 5. The normalized spacial score (nSPS) is 13.6. The van der Waals surface area contributed by atoms with Crippen LogP contribution in [-0.2, 0) is 33.4 Å². The molecule has 11 nitrogen and oxygen atoms in total. The maximum Gasteiger partial charge on any atom is 0.408 e. The fraction of sp³-hybridized carbons (Fsp3) is 0.808. The van der Waals surface area contributed by atoms with Crippen molar-refractivity contribution in [3.05, 3.63) is 0 Å². The molecule has 12 heteroatoms. The predicted molar refractivity (Wildman–Crippen MR) is 147 cm³/mol. The molecule has 2 N–H and O–H groups in total. The van der Waals surface area contributed by atoms with E-state index in [1.54, 1.807) is 47.8 Å². The molecule has 0 fully saturated rings. The second-order valence-corrected chi connectivity index (χ2v) is 13.0. The van der Waals surface area contributed by atoms with Gasteiger partial charge in [0, 0.05) is 18.6 Å². The van der Waals surface area contributed by atoms with Crippen LogP contribution in [0.15, 0.2) is 0 Å². The van der Waals surface area contributed by atoms with E-state index in [4.69, 9.17) is 14.2 Å². The molecule has 0 aromatic carbocycles. The van der Waals surface area contributed by atoms with Gasteiger partial charge in [0.2, 0.25) is 5.91 Å². The number of alkyl carbamates (subject to hydrolysis) is 1. The van der Waals surface area contributed by atoms with E-state index in [9.17, 15) is 24.0 Å². The standard InChI is InChI=1S/C26H47N3O8S/c1-25(2,3)36-23(33)18(28-24(34)37-26(4,5)6)11-13-21(31)27-19(17-38-10)20(30)12-14-22(32)35-16-15-29(7,8)9/h18-19H,11-17H2,1-10H3,(H-,27,28,31,34)/p+1/t18-,19-/m0/s1. The van der Waals surface area contributed by atoms with Gasteiger partial charge >= 0.3 is 18.0 Å². The van der Waals surface area contributed by atoms with Crippen molar-refractivity contribution in [1.82, 2.24) is 10.6 Å². The molecule has 0 radical (unpaired) electrons. The lowest BCUT2D eigenvalue weighted by Gasteiger charge is -2.26. The summed E-state index contributed by atoms with van der Waals surface area (Å²) in [5.41, 5.74) is -1.57. The summed E-state index contributed by atoms with van der Waals surface area (Å²) in [4.78, 5) is 62.3. The predicted octanol–water partition coefficient (Wildman–Crippen LogP) is 2.45. The Morgan fingerprint density at radius 1 is 0.816 bits per heavy atom. The number of ketones is 1. The summed E-state index contributed by atoms with van der Waals surface area (Å²) in [5.74, 6) is -1.59. The lowest BCUT2D eigenvalue weighted by atomic mass is 10.1. The Morgan fingerprint density at radius 3 is 1.89 bits per heavy atom. The number of rotatable bonds is 15. The maximum atomic E-state index is 12.7. The van der Waals surface area contributed by atoms with Gasteiger partial charge < -0.3 is 29.3 Å². The topological polar surface area (TPSA) is 137 Å². The largest absolute Gasteiger partial charge is 0.460 e. The minimum Gasteiger partial charge on any atom is -0.460 e. The molecule has 0 aliphatic heterocycles. The van der Waals surface area contributed by atoms with Gasteiger partial charge in [-0.25, -0.2) is 9.59 Å². The minimum atomic E-state index is -1.12. The number of hydrogen-bond acceptors (Lipinski definition) is 9. The number of hydrogen-bond donors (Lipinski definition) is 2. The highest BCUT2D eigenvalue weighted by molar-refractivity contribution is 7.98. The molecule has 0 aromatic heterocycles. The van der Waals surface area contributed by atoms with Crippen LogP contribution in [0.25, 0.3) is 0 Å². The van der Waals surface area contributed by atoms with Crippen molar-refractivity contribution in [3.63, 3.8) is 0 Å². The molecule has 0 aromatic rings. The number of nitrogens with one attached hydrogen (secondary N) is 2. The molecule has 0 heterocycles. The first-order valence-electron chi connectivity index (χ1n) is 12.7. The highest BCUT2D eigenvalue weighted by Crippen LogP contribution is 2.13. The monoisotopic (exact) mass is 562 g/mol. The zero-order valence-corrected chi connectivity index (χ0v) is 25.5. The molecule has 220 valence electrons.